The summed E-state index contributed by atoms with van der Waals surface area (Å²) in [6, 6.07) is 8.63. The number of carbonyl (C=O) groups excluding carboxylic acids is 3. The van der Waals surface area contributed by atoms with Gasteiger partial charge in [-0.3, -0.25) is 9.59 Å². The summed E-state index contributed by atoms with van der Waals surface area (Å²) in [5.41, 5.74) is -0.206. The molecule has 1 fully saturated rings. The lowest BCUT2D eigenvalue weighted by atomic mass is 9.80. The van der Waals surface area contributed by atoms with Crippen LogP contribution in [0.5, 0.6) is 28.7 Å². The third-order valence-electron chi connectivity index (χ3n) is 5.91. The van der Waals surface area contributed by atoms with Gasteiger partial charge in [0.1, 0.15) is 0 Å². The van der Waals surface area contributed by atoms with E-state index in [1.807, 2.05) is 6.07 Å². The minimum absolute atomic E-state index is 0.0174. The summed E-state index contributed by atoms with van der Waals surface area (Å²) >= 11 is 0. The zero-order chi connectivity index (χ0) is 26.5. The SMILES string of the molecule is COc1ccc(CC2COC(=O)C2(Cc2cc(OC)c(OC(C)=O)c(OC)c2)OC(C)=O)cc1OC. The lowest BCUT2D eigenvalue weighted by Gasteiger charge is -2.31. The molecule has 2 aromatic carbocycles. The first kappa shape index (κ1) is 26.7. The number of cyclic esters (lactones) is 1. The molecule has 10 heteroatoms. The van der Waals surface area contributed by atoms with Crippen LogP contribution in [0, 0.1) is 5.92 Å². The van der Waals surface area contributed by atoms with Crippen molar-refractivity contribution in [3.05, 3.63) is 41.5 Å². The first-order chi connectivity index (χ1) is 17.2. The van der Waals surface area contributed by atoms with Crippen molar-refractivity contribution in [1.29, 1.82) is 0 Å². The highest BCUT2D eigenvalue weighted by Gasteiger charge is 2.55. The molecule has 3 rings (SSSR count). The number of esters is 3. The molecule has 0 aliphatic carbocycles. The Hall–Kier alpha value is -3.95. The van der Waals surface area contributed by atoms with Crippen LogP contribution in [0.3, 0.4) is 0 Å². The van der Waals surface area contributed by atoms with Crippen molar-refractivity contribution in [3.8, 4) is 28.7 Å². The molecule has 0 amide bonds. The quantitative estimate of drug-likeness (QED) is 0.355. The molecule has 1 heterocycles. The Labute approximate surface area is 209 Å². The van der Waals surface area contributed by atoms with Crippen LogP contribution in [-0.4, -0.2) is 58.6 Å². The average molecular weight is 503 g/mol. The summed E-state index contributed by atoms with van der Waals surface area (Å²) in [4.78, 5) is 36.8. The fourth-order valence-corrected chi connectivity index (χ4v) is 4.33. The van der Waals surface area contributed by atoms with Gasteiger partial charge < -0.3 is 33.2 Å². The van der Waals surface area contributed by atoms with Crippen LogP contribution in [0.15, 0.2) is 30.3 Å². The van der Waals surface area contributed by atoms with Crippen LogP contribution in [0.1, 0.15) is 25.0 Å². The van der Waals surface area contributed by atoms with Crippen molar-refractivity contribution in [2.24, 2.45) is 5.92 Å². The molecule has 0 radical (unpaired) electrons. The number of carbonyl (C=O) groups is 3. The van der Waals surface area contributed by atoms with Crippen LogP contribution in [0.4, 0.5) is 0 Å². The molecule has 36 heavy (non-hydrogen) atoms. The average Bonchev–Trinajstić information content (AvgIpc) is 3.12. The minimum Gasteiger partial charge on any atom is -0.493 e. The van der Waals surface area contributed by atoms with Gasteiger partial charge in [0.25, 0.3) is 0 Å². The Morgan fingerprint density at radius 2 is 1.44 bits per heavy atom. The molecule has 10 nitrogen and oxygen atoms in total. The van der Waals surface area contributed by atoms with E-state index < -0.39 is 29.4 Å². The highest BCUT2D eigenvalue weighted by Crippen LogP contribution is 2.43. The molecule has 2 unspecified atom stereocenters. The number of ether oxygens (including phenoxy) is 7. The molecule has 194 valence electrons. The third kappa shape index (κ3) is 5.48. The normalized spacial score (nSPS) is 18.7. The predicted molar refractivity (Wildman–Crippen MR) is 127 cm³/mol. The maximum atomic E-state index is 13.1. The first-order valence-electron chi connectivity index (χ1n) is 11.2. The molecule has 0 N–H and O–H groups in total. The summed E-state index contributed by atoms with van der Waals surface area (Å²) in [6.45, 7) is 2.56. The Balaban J connectivity index is 2.03. The van der Waals surface area contributed by atoms with Gasteiger partial charge in [0, 0.05) is 26.2 Å². The second kappa shape index (κ2) is 11.2. The maximum Gasteiger partial charge on any atom is 0.351 e. The van der Waals surface area contributed by atoms with Gasteiger partial charge in [-0.15, -0.1) is 0 Å². The highest BCUT2D eigenvalue weighted by atomic mass is 16.6. The van der Waals surface area contributed by atoms with Crippen LogP contribution in [0.25, 0.3) is 0 Å². The van der Waals surface area contributed by atoms with Crippen molar-refractivity contribution in [3.63, 3.8) is 0 Å². The maximum absolute atomic E-state index is 13.1. The summed E-state index contributed by atoms with van der Waals surface area (Å²) in [5, 5.41) is 0. The molecule has 1 aliphatic heterocycles. The van der Waals surface area contributed by atoms with Crippen molar-refractivity contribution in [2.75, 3.05) is 35.0 Å². The molecule has 1 saturated heterocycles. The molecule has 1 aliphatic rings. The topological polar surface area (TPSA) is 116 Å². The lowest BCUT2D eigenvalue weighted by Crippen LogP contribution is -2.48. The molecule has 0 aromatic heterocycles. The Kier molecular flexibility index (Phi) is 8.29. The zero-order valence-electron chi connectivity index (χ0n) is 21.2. The summed E-state index contributed by atoms with van der Waals surface area (Å²) in [6.07, 6.45) is 0.343. The van der Waals surface area contributed by atoms with Crippen LogP contribution < -0.4 is 23.7 Å². The van der Waals surface area contributed by atoms with Gasteiger partial charge in [-0.25, -0.2) is 4.79 Å². The van der Waals surface area contributed by atoms with Gasteiger partial charge >= 0.3 is 17.9 Å². The number of rotatable bonds is 10. The van der Waals surface area contributed by atoms with E-state index in [0.717, 1.165) is 5.56 Å². The van der Waals surface area contributed by atoms with Crippen molar-refractivity contribution >= 4 is 17.9 Å². The highest BCUT2D eigenvalue weighted by molar-refractivity contribution is 5.86. The van der Waals surface area contributed by atoms with Gasteiger partial charge in [0.05, 0.1) is 35.0 Å². The van der Waals surface area contributed by atoms with Crippen LogP contribution >= 0.6 is 0 Å². The number of benzene rings is 2. The molecule has 2 aromatic rings. The second-order valence-electron chi connectivity index (χ2n) is 8.27. The van der Waals surface area contributed by atoms with Crippen molar-refractivity contribution < 1.29 is 47.5 Å². The van der Waals surface area contributed by atoms with E-state index >= 15 is 0 Å². The minimum atomic E-state index is -1.60. The van der Waals surface area contributed by atoms with Crippen molar-refractivity contribution in [1.82, 2.24) is 0 Å². The zero-order valence-corrected chi connectivity index (χ0v) is 21.2. The predicted octanol–water partition coefficient (Wildman–Crippen LogP) is 2.91. The van der Waals surface area contributed by atoms with Gasteiger partial charge in [0.2, 0.25) is 11.4 Å². The first-order valence-corrected chi connectivity index (χ1v) is 11.2. The Morgan fingerprint density at radius 1 is 0.861 bits per heavy atom. The number of hydrogen-bond acceptors (Lipinski definition) is 10. The largest absolute Gasteiger partial charge is 0.493 e. The Bertz CT molecular complexity index is 1120. The molecule has 2 atom stereocenters. The molecule has 0 saturated carbocycles. The van der Waals surface area contributed by atoms with E-state index in [2.05, 4.69) is 0 Å². The van der Waals surface area contributed by atoms with Gasteiger partial charge in [-0.2, -0.15) is 0 Å². The molecule has 0 bridgehead atoms. The van der Waals surface area contributed by atoms with Gasteiger partial charge in [0.15, 0.2) is 23.0 Å². The smallest absolute Gasteiger partial charge is 0.351 e. The van der Waals surface area contributed by atoms with E-state index in [1.165, 1.54) is 35.2 Å². The second-order valence-corrected chi connectivity index (χ2v) is 8.27. The summed E-state index contributed by atoms with van der Waals surface area (Å²) in [7, 11) is 5.91. The fourth-order valence-electron chi connectivity index (χ4n) is 4.33. The van der Waals surface area contributed by atoms with Crippen LogP contribution in [0.2, 0.25) is 0 Å². The monoisotopic (exact) mass is 502 g/mol. The lowest BCUT2D eigenvalue weighted by molar-refractivity contribution is -0.174. The standard InChI is InChI=1S/C26H30O10/c1-15(27)35-24-22(32-5)11-18(12-23(24)33-6)13-26(36-16(2)28)19(14-34-25(26)29)9-17-7-8-20(30-3)21(10-17)31-4/h7-8,10-12,19H,9,13-14H2,1-6H3. The van der Waals surface area contributed by atoms with E-state index in [9.17, 15) is 14.4 Å². The van der Waals surface area contributed by atoms with E-state index in [-0.39, 0.29) is 30.3 Å². The molecular weight excluding hydrogens is 472 g/mol. The third-order valence-corrected chi connectivity index (χ3v) is 5.91. The van der Waals surface area contributed by atoms with E-state index in [0.29, 0.717) is 23.5 Å². The van der Waals surface area contributed by atoms with E-state index in [1.54, 1.807) is 31.4 Å². The van der Waals surface area contributed by atoms with E-state index in [4.69, 9.17) is 33.2 Å². The molecule has 0 spiro atoms. The fraction of sp³-hybridized carbons (Fsp3) is 0.423. The van der Waals surface area contributed by atoms with Gasteiger partial charge in [-0.1, -0.05) is 6.07 Å². The summed E-state index contributed by atoms with van der Waals surface area (Å²) in [5.74, 6) is -0.671. The summed E-state index contributed by atoms with van der Waals surface area (Å²) < 4.78 is 37.9. The molecular formula is C26H30O10. The van der Waals surface area contributed by atoms with Gasteiger partial charge in [-0.05, 0) is 41.8 Å². The number of hydrogen-bond donors (Lipinski definition) is 0. The number of methoxy groups -OCH3 is 4. The van der Waals surface area contributed by atoms with Crippen molar-refractivity contribution in [2.45, 2.75) is 32.3 Å². The Morgan fingerprint density at radius 3 is 1.97 bits per heavy atom. The van der Waals surface area contributed by atoms with Crippen LogP contribution in [-0.2, 0) is 36.7 Å².